The lowest BCUT2D eigenvalue weighted by atomic mass is 10.2. The van der Waals surface area contributed by atoms with Crippen LogP contribution in [0.1, 0.15) is 10.4 Å². The number of carbonyl (C=O) groups excluding carboxylic acids is 2. The number of imide groups is 1. The summed E-state index contributed by atoms with van der Waals surface area (Å²) in [5.41, 5.74) is 0.718. The Morgan fingerprint density at radius 2 is 1.74 bits per heavy atom. The fourth-order valence-electron chi connectivity index (χ4n) is 2.13. The SMILES string of the molecule is O=C(NC(=O)c1ccccc1Cl)Nc1ccc(Oc2ccc(Br)cn2)cc1. The first-order chi connectivity index (χ1) is 13.0. The van der Waals surface area contributed by atoms with E-state index in [2.05, 4.69) is 31.5 Å². The third-order valence-corrected chi connectivity index (χ3v) is 4.18. The lowest BCUT2D eigenvalue weighted by Gasteiger charge is -2.09. The first-order valence-electron chi connectivity index (χ1n) is 7.77. The number of benzene rings is 2. The number of carbonyl (C=O) groups is 2. The van der Waals surface area contributed by atoms with Gasteiger partial charge in [-0.2, -0.15) is 0 Å². The van der Waals surface area contributed by atoms with Crippen molar-refractivity contribution in [3.8, 4) is 11.6 Å². The van der Waals surface area contributed by atoms with Crippen LogP contribution in [0, 0.1) is 0 Å². The van der Waals surface area contributed by atoms with Gasteiger partial charge in [-0.25, -0.2) is 9.78 Å². The molecule has 0 aliphatic carbocycles. The van der Waals surface area contributed by atoms with Crippen molar-refractivity contribution in [2.24, 2.45) is 0 Å². The molecule has 27 heavy (non-hydrogen) atoms. The fraction of sp³-hybridized carbons (Fsp3) is 0. The molecule has 0 aliphatic rings. The van der Waals surface area contributed by atoms with E-state index in [4.69, 9.17) is 16.3 Å². The predicted octanol–water partition coefficient (Wildman–Crippen LogP) is 5.25. The Morgan fingerprint density at radius 3 is 2.41 bits per heavy atom. The Hall–Kier alpha value is -2.90. The van der Waals surface area contributed by atoms with Crippen molar-refractivity contribution in [3.63, 3.8) is 0 Å². The van der Waals surface area contributed by atoms with Gasteiger partial charge < -0.3 is 10.1 Å². The number of amides is 3. The van der Waals surface area contributed by atoms with E-state index in [9.17, 15) is 9.59 Å². The lowest BCUT2D eigenvalue weighted by molar-refractivity contribution is 0.0967. The lowest BCUT2D eigenvalue weighted by Crippen LogP contribution is -2.34. The average molecular weight is 447 g/mol. The van der Waals surface area contributed by atoms with Crippen LogP contribution in [0.2, 0.25) is 5.02 Å². The summed E-state index contributed by atoms with van der Waals surface area (Å²) in [5.74, 6) is 0.421. The molecule has 0 saturated carbocycles. The number of ether oxygens (including phenoxy) is 1. The highest BCUT2D eigenvalue weighted by molar-refractivity contribution is 9.10. The first kappa shape index (κ1) is 18.9. The van der Waals surface area contributed by atoms with Crippen molar-refractivity contribution in [2.45, 2.75) is 0 Å². The molecular formula is C19H13BrClN3O3. The third-order valence-electron chi connectivity index (χ3n) is 3.38. The second-order valence-electron chi connectivity index (χ2n) is 5.33. The van der Waals surface area contributed by atoms with Gasteiger partial charge in [0.05, 0.1) is 10.6 Å². The van der Waals surface area contributed by atoms with Gasteiger partial charge in [0, 0.05) is 22.4 Å². The minimum atomic E-state index is -0.664. The maximum atomic E-state index is 12.1. The number of hydrogen-bond donors (Lipinski definition) is 2. The summed E-state index contributed by atoms with van der Waals surface area (Å²) in [6.45, 7) is 0. The highest BCUT2D eigenvalue weighted by Crippen LogP contribution is 2.22. The van der Waals surface area contributed by atoms with E-state index >= 15 is 0 Å². The van der Waals surface area contributed by atoms with Crippen molar-refractivity contribution in [1.82, 2.24) is 10.3 Å². The number of anilines is 1. The van der Waals surface area contributed by atoms with Gasteiger partial charge >= 0.3 is 6.03 Å². The third kappa shape index (κ3) is 5.29. The monoisotopic (exact) mass is 445 g/mol. The largest absolute Gasteiger partial charge is 0.439 e. The molecule has 0 atom stereocenters. The van der Waals surface area contributed by atoms with Crippen molar-refractivity contribution in [2.75, 3.05) is 5.32 Å². The number of hydrogen-bond acceptors (Lipinski definition) is 4. The van der Waals surface area contributed by atoms with E-state index in [0.29, 0.717) is 17.3 Å². The number of pyridine rings is 1. The van der Waals surface area contributed by atoms with E-state index in [1.807, 2.05) is 6.07 Å². The number of urea groups is 1. The standard InChI is InChI=1S/C19H13BrClN3O3/c20-12-5-10-17(22-11-12)27-14-8-6-13(7-9-14)23-19(26)24-18(25)15-3-1-2-4-16(15)21/h1-11H,(H2,23,24,25,26). The zero-order chi connectivity index (χ0) is 19.2. The van der Waals surface area contributed by atoms with Gasteiger partial charge in [-0.05, 0) is 58.4 Å². The Labute approximate surface area is 168 Å². The minimum Gasteiger partial charge on any atom is -0.439 e. The topological polar surface area (TPSA) is 80.3 Å². The van der Waals surface area contributed by atoms with Gasteiger partial charge in [0.15, 0.2) is 0 Å². The molecule has 3 rings (SSSR count). The molecular weight excluding hydrogens is 434 g/mol. The van der Waals surface area contributed by atoms with E-state index in [0.717, 1.165) is 4.47 Å². The van der Waals surface area contributed by atoms with Crippen LogP contribution in [0.3, 0.4) is 0 Å². The molecule has 0 spiro atoms. The number of nitrogens with zero attached hydrogens (tertiary/aromatic N) is 1. The van der Waals surface area contributed by atoms with E-state index < -0.39 is 11.9 Å². The van der Waals surface area contributed by atoms with E-state index in [1.165, 1.54) is 6.07 Å². The Balaban J connectivity index is 1.57. The smallest absolute Gasteiger partial charge is 0.326 e. The van der Waals surface area contributed by atoms with Crippen molar-refractivity contribution in [1.29, 1.82) is 0 Å². The van der Waals surface area contributed by atoms with Gasteiger partial charge in [0.1, 0.15) is 5.75 Å². The van der Waals surface area contributed by atoms with Crippen LogP contribution in [-0.4, -0.2) is 16.9 Å². The van der Waals surface area contributed by atoms with Crippen LogP contribution in [-0.2, 0) is 0 Å². The Kier molecular flexibility index (Phi) is 6.05. The molecule has 6 nitrogen and oxygen atoms in total. The molecule has 0 unspecified atom stereocenters. The van der Waals surface area contributed by atoms with Crippen LogP contribution in [0.5, 0.6) is 11.6 Å². The fourth-order valence-corrected chi connectivity index (χ4v) is 2.58. The van der Waals surface area contributed by atoms with E-state index in [1.54, 1.807) is 54.7 Å². The Morgan fingerprint density at radius 1 is 1.00 bits per heavy atom. The number of halogens is 2. The van der Waals surface area contributed by atoms with Crippen molar-refractivity contribution in [3.05, 3.63) is 81.9 Å². The van der Waals surface area contributed by atoms with Crippen LogP contribution in [0.4, 0.5) is 10.5 Å². The molecule has 0 aliphatic heterocycles. The summed E-state index contributed by atoms with van der Waals surface area (Å²) in [4.78, 5) is 28.2. The van der Waals surface area contributed by atoms with Crippen LogP contribution < -0.4 is 15.4 Å². The summed E-state index contributed by atoms with van der Waals surface area (Å²) in [6, 6.07) is 16.0. The molecule has 2 aromatic carbocycles. The zero-order valence-corrected chi connectivity index (χ0v) is 16.1. The maximum Gasteiger partial charge on any atom is 0.326 e. The normalized spacial score (nSPS) is 10.1. The highest BCUT2D eigenvalue weighted by Gasteiger charge is 2.13. The molecule has 8 heteroatoms. The molecule has 0 radical (unpaired) electrons. The number of rotatable bonds is 4. The van der Waals surface area contributed by atoms with Gasteiger partial charge in [-0.3, -0.25) is 10.1 Å². The molecule has 0 saturated heterocycles. The van der Waals surface area contributed by atoms with Gasteiger partial charge in [-0.15, -0.1) is 0 Å². The number of nitrogens with one attached hydrogen (secondary N) is 2. The zero-order valence-electron chi connectivity index (χ0n) is 13.8. The summed E-state index contributed by atoms with van der Waals surface area (Å²) in [5, 5.41) is 5.06. The molecule has 0 bridgehead atoms. The molecule has 136 valence electrons. The summed E-state index contributed by atoms with van der Waals surface area (Å²) in [7, 11) is 0. The minimum absolute atomic E-state index is 0.222. The van der Waals surface area contributed by atoms with E-state index in [-0.39, 0.29) is 10.6 Å². The number of aromatic nitrogens is 1. The van der Waals surface area contributed by atoms with Gasteiger partial charge in [0.25, 0.3) is 5.91 Å². The molecule has 2 N–H and O–H groups in total. The van der Waals surface area contributed by atoms with Crippen LogP contribution >= 0.6 is 27.5 Å². The van der Waals surface area contributed by atoms with Crippen molar-refractivity contribution >= 4 is 45.2 Å². The molecule has 0 fully saturated rings. The Bertz CT molecular complexity index is 963. The molecule has 3 aromatic rings. The summed E-state index contributed by atoms with van der Waals surface area (Å²) in [6.07, 6.45) is 1.63. The van der Waals surface area contributed by atoms with Gasteiger partial charge in [0.2, 0.25) is 5.88 Å². The quantitative estimate of drug-likeness (QED) is 0.573. The van der Waals surface area contributed by atoms with Gasteiger partial charge in [-0.1, -0.05) is 23.7 Å². The second kappa shape index (κ2) is 8.66. The first-order valence-corrected chi connectivity index (χ1v) is 8.95. The second-order valence-corrected chi connectivity index (χ2v) is 6.65. The molecule has 1 heterocycles. The highest BCUT2D eigenvalue weighted by atomic mass is 79.9. The summed E-state index contributed by atoms with van der Waals surface area (Å²) >= 11 is 9.24. The average Bonchev–Trinajstić information content (AvgIpc) is 2.65. The summed E-state index contributed by atoms with van der Waals surface area (Å²) < 4.78 is 6.45. The van der Waals surface area contributed by atoms with Crippen LogP contribution in [0.15, 0.2) is 71.3 Å². The maximum absolute atomic E-state index is 12.1. The van der Waals surface area contributed by atoms with Crippen LogP contribution in [0.25, 0.3) is 0 Å². The molecule has 3 amide bonds. The molecule has 1 aromatic heterocycles. The van der Waals surface area contributed by atoms with Crippen molar-refractivity contribution < 1.29 is 14.3 Å². The predicted molar refractivity (Wildman–Crippen MR) is 106 cm³/mol.